The van der Waals surface area contributed by atoms with Crippen molar-refractivity contribution in [3.8, 4) is 0 Å². The number of rotatable bonds is 4. The average molecular weight is 304 g/mol. The Kier molecular flexibility index (Phi) is 4.95. The summed E-state index contributed by atoms with van der Waals surface area (Å²) in [6.45, 7) is 3.82. The molecule has 2 fully saturated rings. The standard InChI is InChI=1S/C20H26F2/c1-2-3-4-14-5-6-16-10-17(8-7-15(16)9-14)18-11-19(21)13-20(22)12-18/h2,11-17H,1,3-10H2/t14-,15-,16-,17?/m1/s1. The fraction of sp³-hybridized carbons (Fsp3) is 0.600. The van der Waals surface area contributed by atoms with Crippen LogP contribution in [-0.2, 0) is 0 Å². The van der Waals surface area contributed by atoms with E-state index >= 15 is 0 Å². The summed E-state index contributed by atoms with van der Waals surface area (Å²) in [7, 11) is 0. The summed E-state index contributed by atoms with van der Waals surface area (Å²) in [5, 5.41) is 0. The van der Waals surface area contributed by atoms with Crippen LogP contribution in [0.2, 0.25) is 0 Å². The Morgan fingerprint density at radius 3 is 2.36 bits per heavy atom. The van der Waals surface area contributed by atoms with Crippen LogP contribution in [-0.4, -0.2) is 0 Å². The molecule has 2 heteroatoms. The van der Waals surface area contributed by atoms with Gasteiger partial charge in [0, 0.05) is 6.07 Å². The van der Waals surface area contributed by atoms with Gasteiger partial charge in [-0.05, 0) is 86.3 Å². The van der Waals surface area contributed by atoms with Crippen molar-refractivity contribution in [1.29, 1.82) is 0 Å². The van der Waals surface area contributed by atoms with Gasteiger partial charge in [-0.25, -0.2) is 8.78 Å². The van der Waals surface area contributed by atoms with Crippen LogP contribution >= 0.6 is 0 Å². The molecule has 0 heterocycles. The molecule has 2 aliphatic rings. The molecule has 0 amide bonds. The zero-order valence-corrected chi connectivity index (χ0v) is 13.2. The minimum absolute atomic E-state index is 0.344. The Balaban J connectivity index is 1.62. The van der Waals surface area contributed by atoms with Gasteiger partial charge in [0.2, 0.25) is 0 Å². The third-order valence-electron chi connectivity index (χ3n) is 5.86. The van der Waals surface area contributed by atoms with Gasteiger partial charge in [0.1, 0.15) is 11.6 Å². The molecule has 120 valence electrons. The van der Waals surface area contributed by atoms with Crippen molar-refractivity contribution in [2.75, 3.05) is 0 Å². The first-order chi connectivity index (χ1) is 10.7. The monoisotopic (exact) mass is 304 g/mol. The van der Waals surface area contributed by atoms with E-state index in [0.717, 1.165) is 48.6 Å². The first-order valence-corrected chi connectivity index (χ1v) is 8.72. The van der Waals surface area contributed by atoms with Crippen molar-refractivity contribution in [3.63, 3.8) is 0 Å². The molecule has 1 aromatic rings. The van der Waals surface area contributed by atoms with Gasteiger partial charge in [-0.2, -0.15) is 0 Å². The predicted octanol–water partition coefficient (Wildman–Crippen LogP) is 6.23. The van der Waals surface area contributed by atoms with Crippen molar-refractivity contribution in [2.45, 2.75) is 57.3 Å². The topological polar surface area (TPSA) is 0 Å². The van der Waals surface area contributed by atoms with E-state index in [4.69, 9.17) is 0 Å². The van der Waals surface area contributed by atoms with Gasteiger partial charge in [0.05, 0.1) is 0 Å². The number of allylic oxidation sites excluding steroid dienone is 1. The van der Waals surface area contributed by atoms with Crippen molar-refractivity contribution in [1.82, 2.24) is 0 Å². The quantitative estimate of drug-likeness (QED) is 0.578. The zero-order valence-electron chi connectivity index (χ0n) is 13.2. The largest absolute Gasteiger partial charge is 0.207 e. The second-order valence-electron chi connectivity index (χ2n) is 7.28. The van der Waals surface area contributed by atoms with Crippen LogP contribution in [0.25, 0.3) is 0 Å². The van der Waals surface area contributed by atoms with Crippen molar-refractivity contribution in [2.24, 2.45) is 17.8 Å². The van der Waals surface area contributed by atoms with Crippen LogP contribution in [0.1, 0.15) is 62.8 Å². The van der Waals surface area contributed by atoms with E-state index in [-0.39, 0.29) is 0 Å². The first-order valence-electron chi connectivity index (χ1n) is 8.72. The van der Waals surface area contributed by atoms with E-state index in [1.54, 1.807) is 0 Å². The zero-order chi connectivity index (χ0) is 15.5. The molecule has 0 radical (unpaired) electrons. The molecule has 0 saturated heterocycles. The maximum absolute atomic E-state index is 13.4. The summed E-state index contributed by atoms with van der Waals surface area (Å²) in [5.74, 6) is 1.91. The van der Waals surface area contributed by atoms with Crippen LogP contribution in [0, 0.1) is 29.4 Å². The summed E-state index contributed by atoms with van der Waals surface area (Å²) in [5.41, 5.74) is 0.865. The van der Waals surface area contributed by atoms with Crippen molar-refractivity contribution >= 4 is 0 Å². The molecule has 0 spiro atoms. The second kappa shape index (κ2) is 6.93. The Hall–Kier alpha value is -1.18. The normalized spacial score (nSPS) is 31.5. The highest BCUT2D eigenvalue weighted by molar-refractivity contribution is 5.22. The number of hydrogen-bond acceptors (Lipinski definition) is 0. The van der Waals surface area contributed by atoms with Gasteiger partial charge in [0.15, 0.2) is 0 Å². The molecule has 0 nitrogen and oxygen atoms in total. The molecule has 4 atom stereocenters. The molecule has 0 aliphatic heterocycles. The minimum atomic E-state index is -0.440. The summed E-state index contributed by atoms with van der Waals surface area (Å²) < 4.78 is 26.9. The van der Waals surface area contributed by atoms with Gasteiger partial charge >= 0.3 is 0 Å². The van der Waals surface area contributed by atoms with Gasteiger partial charge < -0.3 is 0 Å². The minimum Gasteiger partial charge on any atom is -0.207 e. The molecule has 1 unspecified atom stereocenters. The van der Waals surface area contributed by atoms with E-state index < -0.39 is 11.6 Å². The van der Waals surface area contributed by atoms with Gasteiger partial charge in [0.25, 0.3) is 0 Å². The molecule has 0 bridgehead atoms. The van der Waals surface area contributed by atoms with Crippen LogP contribution < -0.4 is 0 Å². The average Bonchev–Trinajstić information content (AvgIpc) is 2.51. The van der Waals surface area contributed by atoms with Crippen molar-refractivity contribution in [3.05, 3.63) is 48.1 Å². The molecular formula is C20H26F2. The maximum atomic E-state index is 13.4. The Morgan fingerprint density at radius 1 is 0.955 bits per heavy atom. The van der Waals surface area contributed by atoms with Gasteiger partial charge in [-0.1, -0.05) is 12.5 Å². The fourth-order valence-corrected chi connectivity index (χ4v) is 4.72. The summed E-state index contributed by atoms with van der Waals surface area (Å²) in [6.07, 6.45) is 11.8. The van der Waals surface area contributed by atoms with E-state index in [0.29, 0.717) is 5.92 Å². The highest BCUT2D eigenvalue weighted by atomic mass is 19.1. The Bertz CT molecular complexity index is 502. The lowest BCUT2D eigenvalue weighted by Gasteiger charge is -2.42. The van der Waals surface area contributed by atoms with E-state index in [1.807, 2.05) is 6.08 Å². The van der Waals surface area contributed by atoms with E-state index in [1.165, 1.54) is 44.2 Å². The highest BCUT2D eigenvalue weighted by Gasteiger charge is 2.35. The summed E-state index contributed by atoms with van der Waals surface area (Å²) >= 11 is 0. The predicted molar refractivity (Wildman–Crippen MR) is 86.7 cm³/mol. The fourth-order valence-electron chi connectivity index (χ4n) is 4.72. The highest BCUT2D eigenvalue weighted by Crippen LogP contribution is 2.48. The third kappa shape index (κ3) is 3.59. The van der Waals surface area contributed by atoms with E-state index in [9.17, 15) is 8.78 Å². The number of halogens is 2. The molecular weight excluding hydrogens is 278 g/mol. The molecule has 0 aromatic heterocycles. The molecule has 0 N–H and O–H groups in total. The molecule has 2 aliphatic carbocycles. The third-order valence-corrected chi connectivity index (χ3v) is 5.86. The Labute approximate surface area is 132 Å². The summed E-state index contributed by atoms with van der Waals surface area (Å²) in [4.78, 5) is 0. The molecule has 22 heavy (non-hydrogen) atoms. The smallest absolute Gasteiger partial charge is 0.126 e. The molecule has 2 saturated carbocycles. The lowest BCUT2D eigenvalue weighted by Crippen LogP contribution is -2.30. The van der Waals surface area contributed by atoms with Crippen LogP contribution in [0.4, 0.5) is 8.78 Å². The maximum Gasteiger partial charge on any atom is 0.126 e. The number of fused-ring (bicyclic) bond motifs is 1. The summed E-state index contributed by atoms with van der Waals surface area (Å²) in [6, 6.07) is 4.04. The molecule has 3 rings (SSSR count). The van der Waals surface area contributed by atoms with Gasteiger partial charge in [-0.3, -0.25) is 0 Å². The van der Waals surface area contributed by atoms with Crippen LogP contribution in [0.5, 0.6) is 0 Å². The van der Waals surface area contributed by atoms with Crippen LogP contribution in [0.15, 0.2) is 30.9 Å². The van der Waals surface area contributed by atoms with Crippen LogP contribution in [0.3, 0.4) is 0 Å². The lowest BCUT2D eigenvalue weighted by atomic mass is 9.63. The number of benzene rings is 1. The van der Waals surface area contributed by atoms with Gasteiger partial charge in [-0.15, -0.1) is 6.58 Å². The second-order valence-corrected chi connectivity index (χ2v) is 7.28. The number of hydrogen-bond donors (Lipinski definition) is 0. The van der Waals surface area contributed by atoms with E-state index in [2.05, 4.69) is 6.58 Å². The SMILES string of the molecule is C=CCC[C@@H]1CC[C@@H]2CC(c3cc(F)cc(F)c3)CC[C@@H]2C1. The lowest BCUT2D eigenvalue weighted by molar-refractivity contribution is 0.115. The first kappa shape index (κ1) is 15.7. The molecule has 1 aromatic carbocycles. The van der Waals surface area contributed by atoms with Crippen molar-refractivity contribution < 1.29 is 8.78 Å². The Morgan fingerprint density at radius 2 is 1.64 bits per heavy atom.